The van der Waals surface area contributed by atoms with Gasteiger partial charge in [0, 0.05) is 37.0 Å². The van der Waals surface area contributed by atoms with E-state index in [-0.39, 0.29) is 45.0 Å². The lowest BCUT2D eigenvalue weighted by Gasteiger charge is -2.30. The molecule has 8 rings (SSSR count). The number of benzene rings is 2. The molecule has 5 aliphatic rings. The van der Waals surface area contributed by atoms with Crippen LogP contribution in [0.2, 0.25) is 0 Å². The SMILES string of the molecule is O=C(O)C[C@H]1c2cnc(nc2)OCCCCCc2c(F)c(F)c(c(F)c2F)C(=O)N2CCc3ccc1cc3C2. The van der Waals surface area contributed by atoms with E-state index in [0.717, 1.165) is 10.5 Å². The van der Waals surface area contributed by atoms with Crippen LogP contribution >= 0.6 is 0 Å². The molecule has 0 radical (unpaired) electrons. The van der Waals surface area contributed by atoms with Crippen molar-refractivity contribution in [3.63, 3.8) is 0 Å². The second-order valence-corrected chi connectivity index (χ2v) is 9.72. The molecule has 3 aromatic rings. The smallest absolute Gasteiger partial charge is 0.316 e. The van der Waals surface area contributed by atoms with E-state index in [4.69, 9.17) is 4.74 Å². The fraction of sp³-hybridized carbons (Fsp3) is 0.357. The molecule has 7 nitrogen and oxygen atoms in total. The highest BCUT2D eigenvalue weighted by Gasteiger charge is 2.33. The first-order valence-corrected chi connectivity index (χ1v) is 12.7. The molecule has 0 fully saturated rings. The number of amides is 1. The lowest BCUT2D eigenvalue weighted by Crippen LogP contribution is -2.37. The molecule has 0 spiro atoms. The molecular formula is C28H25F4N3O4. The third-order valence-electron chi connectivity index (χ3n) is 7.23. The van der Waals surface area contributed by atoms with Crippen molar-refractivity contribution >= 4 is 11.9 Å². The van der Waals surface area contributed by atoms with Crippen LogP contribution < -0.4 is 4.74 Å². The summed E-state index contributed by atoms with van der Waals surface area (Å²) in [6, 6.07) is 5.42. The van der Waals surface area contributed by atoms with Crippen molar-refractivity contribution in [1.82, 2.24) is 14.9 Å². The second kappa shape index (κ2) is 11.0. The second-order valence-electron chi connectivity index (χ2n) is 9.72. The Bertz CT molecular complexity index is 1400. The Hall–Kier alpha value is -4.02. The molecular weight excluding hydrogens is 518 g/mol. The van der Waals surface area contributed by atoms with Crippen LogP contribution in [0.5, 0.6) is 6.01 Å². The van der Waals surface area contributed by atoms with Crippen LogP contribution in [0.1, 0.15) is 69.8 Å². The molecule has 204 valence electrons. The van der Waals surface area contributed by atoms with Crippen molar-refractivity contribution in [1.29, 1.82) is 0 Å². The predicted octanol–water partition coefficient (Wildman–Crippen LogP) is 4.94. The molecule has 0 saturated heterocycles. The third kappa shape index (κ3) is 5.30. The third-order valence-corrected chi connectivity index (χ3v) is 7.23. The van der Waals surface area contributed by atoms with Crippen LogP contribution in [-0.2, 0) is 24.2 Å². The number of carboxylic acids is 1. The fourth-order valence-electron chi connectivity index (χ4n) is 5.14. The van der Waals surface area contributed by atoms with Gasteiger partial charge in [0.25, 0.3) is 5.91 Å². The van der Waals surface area contributed by atoms with Crippen LogP contribution in [0, 0.1) is 23.3 Å². The van der Waals surface area contributed by atoms with Gasteiger partial charge in [-0.25, -0.2) is 27.5 Å². The lowest BCUT2D eigenvalue weighted by atomic mass is 9.87. The molecule has 1 atom stereocenters. The fourth-order valence-corrected chi connectivity index (χ4v) is 5.14. The van der Waals surface area contributed by atoms with Gasteiger partial charge in [-0.3, -0.25) is 9.59 Å². The molecule has 1 amide bonds. The van der Waals surface area contributed by atoms with Gasteiger partial charge in [-0.05, 0) is 54.4 Å². The van der Waals surface area contributed by atoms with E-state index in [1.165, 1.54) is 12.4 Å². The summed E-state index contributed by atoms with van der Waals surface area (Å²) in [7, 11) is 0. The number of aromatic nitrogens is 2. The van der Waals surface area contributed by atoms with Gasteiger partial charge in [0.15, 0.2) is 23.3 Å². The molecule has 11 heteroatoms. The van der Waals surface area contributed by atoms with Crippen molar-refractivity contribution in [2.24, 2.45) is 0 Å². The summed E-state index contributed by atoms with van der Waals surface area (Å²) in [6.45, 7) is 0.206. The number of hydrogen-bond donors (Lipinski definition) is 1. The predicted molar refractivity (Wildman–Crippen MR) is 130 cm³/mol. The Kier molecular flexibility index (Phi) is 7.49. The van der Waals surface area contributed by atoms with E-state index in [1.54, 1.807) is 12.1 Å². The van der Waals surface area contributed by atoms with E-state index < -0.39 is 52.2 Å². The highest BCUT2D eigenvalue weighted by atomic mass is 19.2. The van der Waals surface area contributed by atoms with E-state index in [9.17, 15) is 32.3 Å². The van der Waals surface area contributed by atoms with Crippen molar-refractivity contribution in [2.45, 2.75) is 51.0 Å². The quantitative estimate of drug-likeness (QED) is 0.364. The highest BCUT2D eigenvalue weighted by molar-refractivity contribution is 5.95. The Labute approximate surface area is 221 Å². The van der Waals surface area contributed by atoms with Gasteiger partial charge in [0.05, 0.1) is 13.0 Å². The van der Waals surface area contributed by atoms with Crippen LogP contribution in [-0.4, -0.2) is 45.0 Å². The van der Waals surface area contributed by atoms with E-state index in [0.29, 0.717) is 36.0 Å². The Morgan fingerprint density at radius 1 is 0.949 bits per heavy atom. The lowest BCUT2D eigenvalue weighted by molar-refractivity contribution is -0.137. The van der Waals surface area contributed by atoms with E-state index in [2.05, 4.69) is 9.97 Å². The normalized spacial score (nSPS) is 17.7. The molecule has 39 heavy (non-hydrogen) atoms. The number of ether oxygens (including phenoxy) is 1. The van der Waals surface area contributed by atoms with Gasteiger partial charge in [-0.1, -0.05) is 18.2 Å². The number of hydrogen-bond acceptors (Lipinski definition) is 5. The number of carbonyl (C=O) groups is 2. The zero-order chi connectivity index (χ0) is 27.7. The average Bonchev–Trinajstić information content (AvgIpc) is 2.93. The molecule has 2 aromatic carbocycles. The van der Waals surface area contributed by atoms with Gasteiger partial charge >= 0.3 is 12.0 Å². The molecule has 0 saturated carbocycles. The molecule has 5 aliphatic heterocycles. The topological polar surface area (TPSA) is 92.6 Å². The largest absolute Gasteiger partial charge is 0.481 e. The zero-order valence-corrected chi connectivity index (χ0v) is 20.9. The number of rotatable bonds is 2. The monoisotopic (exact) mass is 543 g/mol. The van der Waals surface area contributed by atoms with Gasteiger partial charge in [0.1, 0.15) is 5.56 Å². The number of carbonyl (C=O) groups excluding carboxylic acids is 1. The molecule has 7 bridgehead atoms. The van der Waals surface area contributed by atoms with Gasteiger partial charge in [0.2, 0.25) is 0 Å². The summed E-state index contributed by atoms with van der Waals surface area (Å²) < 4.78 is 65.2. The summed E-state index contributed by atoms with van der Waals surface area (Å²) in [5.74, 6) is -9.36. The number of carboxylic acid groups (broad SMARTS) is 1. The van der Waals surface area contributed by atoms with Crippen molar-refractivity contribution in [3.05, 3.63) is 87.2 Å². The molecule has 1 aromatic heterocycles. The first kappa shape index (κ1) is 26.6. The summed E-state index contributed by atoms with van der Waals surface area (Å²) in [6.07, 6.45) is 3.97. The summed E-state index contributed by atoms with van der Waals surface area (Å²) in [5.41, 5.74) is 0.678. The molecule has 6 heterocycles. The Morgan fingerprint density at radius 2 is 1.67 bits per heavy atom. The van der Waals surface area contributed by atoms with E-state index in [1.807, 2.05) is 6.07 Å². The zero-order valence-electron chi connectivity index (χ0n) is 20.9. The Morgan fingerprint density at radius 3 is 2.36 bits per heavy atom. The number of halogens is 4. The summed E-state index contributed by atoms with van der Waals surface area (Å²) in [4.78, 5) is 34.4. The average molecular weight is 544 g/mol. The van der Waals surface area contributed by atoms with Gasteiger partial charge in [-0.2, -0.15) is 0 Å². The summed E-state index contributed by atoms with van der Waals surface area (Å²) >= 11 is 0. The maximum atomic E-state index is 15.0. The highest BCUT2D eigenvalue weighted by Crippen LogP contribution is 2.33. The Balaban J connectivity index is 1.57. The first-order valence-electron chi connectivity index (χ1n) is 12.7. The van der Waals surface area contributed by atoms with Crippen molar-refractivity contribution in [2.75, 3.05) is 13.2 Å². The summed E-state index contributed by atoms with van der Waals surface area (Å²) in [5, 5.41) is 9.56. The van der Waals surface area contributed by atoms with Crippen LogP contribution in [0.15, 0.2) is 30.6 Å². The van der Waals surface area contributed by atoms with Gasteiger partial charge in [-0.15, -0.1) is 0 Å². The van der Waals surface area contributed by atoms with Crippen LogP contribution in [0.3, 0.4) is 0 Å². The van der Waals surface area contributed by atoms with E-state index >= 15 is 0 Å². The van der Waals surface area contributed by atoms with Gasteiger partial charge < -0.3 is 14.7 Å². The number of nitrogens with zero attached hydrogens (tertiary/aromatic N) is 3. The minimum absolute atomic E-state index is 0.0745. The molecule has 0 aliphatic carbocycles. The first-order chi connectivity index (χ1) is 18.7. The minimum Gasteiger partial charge on any atom is -0.481 e. The van der Waals surface area contributed by atoms with Crippen LogP contribution in [0.25, 0.3) is 0 Å². The minimum atomic E-state index is -1.71. The number of aliphatic carboxylic acids is 1. The molecule has 0 unspecified atom stereocenters. The van der Waals surface area contributed by atoms with Crippen LogP contribution in [0.4, 0.5) is 17.6 Å². The van der Waals surface area contributed by atoms with Crippen molar-refractivity contribution in [3.8, 4) is 6.01 Å². The maximum absolute atomic E-state index is 15.0. The maximum Gasteiger partial charge on any atom is 0.316 e. The van der Waals surface area contributed by atoms with Crippen molar-refractivity contribution < 1.29 is 37.0 Å². The molecule has 1 N–H and O–H groups in total. The standard InChI is InChI=1S/C28H25F4N3O4/c29-23-19-4-2-1-3-9-39-28-33-12-18(13-34-28)20(11-21(36)37)16-6-5-15-7-8-35(14-17(15)10-16)27(38)22(25(23)31)26(32)24(19)30/h5-6,10,12-13,20H,1-4,7-9,11,14H2,(H,36,37)/t20-/m1/s1.